The largest absolute Gasteiger partial charge is 1.00 e. The van der Waals surface area contributed by atoms with E-state index in [0.29, 0.717) is 5.76 Å². The van der Waals surface area contributed by atoms with E-state index in [2.05, 4.69) is 124 Å². The van der Waals surface area contributed by atoms with E-state index in [1.807, 2.05) is 0 Å². The van der Waals surface area contributed by atoms with Crippen molar-refractivity contribution in [2.45, 2.75) is 84.5 Å². The maximum Gasteiger partial charge on any atom is 0.209 e. The summed E-state index contributed by atoms with van der Waals surface area (Å²) in [5.74, 6) is 0.459. The predicted molar refractivity (Wildman–Crippen MR) is 165 cm³/mol. The Morgan fingerprint density at radius 2 is 1.55 bits per heavy atom. The van der Waals surface area contributed by atoms with Crippen LogP contribution < -0.4 is 28.9 Å². The first-order chi connectivity index (χ1) is 18.7. The average Bonchev–Trinajstić information content (AvgIpc) is 3.27. The monoisotopic (exact) mass is 648 g/mol. The standard InChI is InChI=1S/C36H44N2O.HI/c1-7-24-37-30-18-11-9-16-28(30)35(3,4)32(37)22-20-26-14-13-15-27(34(26)39)21-23-33-36(5,6)29-17-10-12-19-31(29)38(33)25-8-2;/h9-12,16-23H,7-8,13-15,24-25H2,1-6H3;1H. The Balaban J connectivity index is 0.00000370. The van der Waals surface area contributed by atoms with Gasteiger partial charge in [-0.25, -0.2) is 0 Å². The summed E-state index contributed by atoms with van der Waals surface area (Å²) in [5, 5.41) is 11.4. The van der Waals surface area contributed by atoms with Crippen molar-refractivity contribution in [3.05, 3.63) is 107 Å². The number of hydrogen-bond acceptors (Lipinski definition) is 2. The summed E-state index contributed by atoms with van der Waals surface area (Å²) in [7, 11) is 0. The number of allylic oxidation sites excluding steroid dienone is 7. The molecule has 2 aromatic rings. The van der Waals surface area contributed by atoms with Crippen LogP contribution in [0.4, 0.5) is 11.4 Å². The minimum atomic E-state index is -0.0675. The van der Waals surface area contributed by atoms with E-state index in [1.54, 1.807) is 0 Å². The number of hydrogen-bond donors (Lipinski definition) is 1. The van der Waals surface area contributed by atoms with Gasteiger partial charge in [0, 0.05) is 47.5 Å². The van der Waals surface area contributed by atoms with E-state index in [1.165, 1.54) is 33.9 Å². The summed E-state index contributed by atoms with van der Waals surface area (Å²) in [6.07, 6.45) is 13.9. The van der Waals surface area contributed by atoms with Gasteiger partial charge in [-0.15, -0.1) is 0 Å². The van der Waals surface area contributed by atoms with Crippen molar-refractivity contribution in [1.29, 1.82) is 0 Å². The molecule has 0 aromatic heterocycles. The van der Waals surface area contributed by atoms with Crippen molar-refractivity contribution in [1.82, 2.24) is 0 Å². The summed E-state index contributed by atoms with van der Waals surface area (Å²) in [6, 6.07) is 17.6. The fraction of sp³-hybridized carbons (Fsp3) is 0.417. The minimum absolute atomic E-state index is 0. The van der Waals surface area contributed by atoms with Gasteiger partial charge in [0.1, 0.15) is 12.3 Å². The second-order valence-electron chi connectivity index (χ2n) is 12.3. The highest BCUT2D eigenvalue weighted by Gasteiger charge is 2.44. The molecule has 1 N–H and O–H groups in total. The molecule has 2 aromatic carbocycles. The first-order valence-corrected chi connectivity index (χ1v) is 14.8. The Labute approximate surface area is 258 Å². The topological polar surface area (TPSA) is 26.5 Å². The van der Waals surface area contributed by atoms with Gasteiger partial charge in [-0.05, 0) is 74.5 Å². The molecule has 2 aliphatic heterocycles. The maximum absolute atomic E-state index is 11.4. The van der Waals surface area contributed by atoms with E-state index in [4.69, 9.17) is 0 Å². The number of rotatable bonds is 7. The molecule has 0 radical (unpaired) electrons. The molecule has 212 valence electrons. The molecule has 0 saturated carbocycles. The first-order valence-electron chi connectivity index (χ1n) is 14.8. The zero-order valence-corrected chi connectivity index (χ0v) is 27.3. The molecule has 0 atom stereocenters. The van der Waals surface area contributed by atoms with Crippen molar-refractivity contribution < 1.29 is 33.7 Å². The van der Waals surface area contributed by atoms with Gasteiger partial charge in [-0.2, -0.15) is 4.58 Å². The Morgan fingerprint density at radius 3 is 2.27 bits per heavy atom. The number of benzene rings is 2. The predicted octanol–water partition coefficient (Wildman–Crippen LogP) is 6.05. The number of nitrogens with zero attached hydrogens (tertiary/aromatic N) is 2. The summed E-state index contributed by atoms with van der Waals surface area (Å²) in [6.45, 7) is 15.7. The SMILES string of the molecule is CCCN1C(=CC=C2CCCC(C=CC3=[N+](CCC)c4ccccc4C3(C)C)=C2O)C(C)(C)c2ccccc21.[I-]. The number of fused-ring (bicyclic) bond motifs is 2. The Bertz CT molecular complexity index is 1420. The smallest absolute Gasteiger partial charge is 0.209 e. The molecule has 3 aliphatic rings. The molecule has 40 heavy (non-hydrogen) atoms. The highest BCUT2D eigenvalue weighted by molar-refractivity contribution is 6.03. The van der Waals surface area contributed by atoms with E-state index < -0.39 is 0 Å². The number of anilines is 1. The fourth-order valence-corrected chi connectivity index (χ4v) is 6.81. The molecule has 5 rings (SSSR count). The van der Waals surface area contributed by atoms with E-state index in [0.717, 1.165) is 56.3 Å². The number of aliphatic hydroxyl groups is 1. The summed E-state index contributed by atoms with van der Waals surface area (Å²) in [5.41, 5.74) is 9.96. The van der Waals surface area contributed by atoms with Crippen LogP contribution in [0, 0.1) is 0 Å². The van der Waals surface area contributed by atoms with Gasteiger partial charge in [-0.1, -0.05) is 70.2 Å². The molecule has 0 fully saturated rings. The summed E-state index contributed by atoms with van der Waals surface area (Å²) in [4.78, 5) is 2.47. The zero-order chi connectivity index (χ0) is 27.8. The van der Waals surface area contributed by atoms with Crippen LogP contribution in [-0.2, 0) is 10.8 Å². The molecular weight excluding hydrogens is 603 g/mol. The second-order valence-corrected chi connectivity index (χ2v) is 12.3. The van der Waals surface area contributed by atoms with Gasteiger partial charge < -0.3 is 34.0 Å². The van der Waals surface area contributed by atoms with Crippen LogP contribution in [0.5, 0.6) is 0 Å². The van der Waals surface area contributed by atoms with Gasteiger partial charge in [0.2, 0.25) is 5.69 Å². The Kier molecular flexibility index (Phi) is 9.18. The van der Waals surface area contributed by atoms with Gasteiger partial charge >= 0.3 is 0 Å². The van der Waals surface area contributed by atoms with E-state index in [-0.39, 0.29) is 34.8 Å². The molecule has 2 heterocycles. The van der Waals surface area contributed by atoms with Crippen LogP contribution in [0.3, 0.4) is 0 Å². The summed E-state index contributed by atoms with van der Waals surface area (Å²) >= 11 is 0. The lowest BCUT2D eigenvalue weighted by atomic mass is 9.81. The zero-order valence-electron chi connectivity index (χ0n) is 25.1. The van der Waals surface area contributed by atoms with Gasteiger partial charge in [0.25, 0.3) is 0 Å². The van der Waals surface area contributed by atoms with Crippen LogP contribution in [-0.4, -0.2) is 28.5 Å². The lowest BCUT2D eigenvalue weighted by Gasteiger charge is -2.27. The highest BCUT2D eigenvalue weighted by atomic mass is 127. The van der Waals surface area contributed by atoms with Crippen molar-refractivity contribution in [2.75, 3.05) is 18.0 Å². The van der Waals surface area contributed by atoms with Crippen LogP contribution in [0.1, 0.15) is 84.8 Å². The molecule has 1 aliphatic carbocycles. The molecule has 0 bridgehead atoms. The van der Waals surface area contributed by atoms with Crippen molar-refractivity contribution in [3.63, 3.8) is 0 Å². The fourth-order valence-electron chi connectivity index (χ4n) is 6.81. The first kappa shape index (κ1) is 30.4. The lowest BCUT2D eigenvalue weighted by Crippen LogP contribution is -3.00. The van der Waals surface area contributed by atoms with Crippen LogP contribution in [0.15, 0.2) is 95.4 Å². The lowest BCUT2D eigenvalue weighted by molar-refractivity contribution is -0.437. The van der Waals surface area contributed by atoms with Crippen molar-refractivity contribution in [3.8, 4) is 0 Å². The third kappa shape index (κ3) is 5.24. The minimum Gasteiger partial charge on any atom is -1.00 e. The van der Waals surface area contributed by atoms with Gasteiger partial charge in [0.05, 0.1) is 5.41 Å². The Hall–Kier alpha value is -2.60. The summed E-state index contributed by atoms with van der Waals surface area (Å²) < 4.78 is 2.47. The van der Waals surface area contributed by atoms with Gasteiger partial charge in [0.15, 0.2) is 5.71 Å². The number of para-hydroxylation sites is 2. The van der Waals surface area contributed by atoms with Crippen LogP contribution in [0.2, 0.25) is 0 Å². The average molecular weight is 649 g/mol. The van der Waals surface area contributed by atoms with E-state index >= 15 is 0 Å². The molecule has 0 amide bonds. The molecule has 0 spiro atoms. The van der Waals surface area contributed by atoms with Crippen molar-refractivity contribution in [2.24, 2.45) is 0 Å². The van der Waals surface area contributed by atoms with Crippen LogP contribution >= 0.6 is 0 Å². The molecule has 3 nitrogen and oxygen atoms in total. The molecule has 0 saturated heterocycles. The Morgan fingerprint density at radius 1 is 0.850 bits per heavy atom. The normalized spacial score (nSPS) is 21.4. The van der Waals surface area contributed by atoms with Gasteiger partial charge in [-0.3, -0.25) is 0 Å². The molecule has 4 heteroatoms. The quantitative estimate of drug-likeness (QED) is 0.293. The number of aliphatic hydroxyl groups excluding tert-OH is 1. The highest BCUT2D eigenvalue weighted by Crippen LogP contribution is 2.48. The third-order valence-corrected chi connectivity index (χ3v) is 8.88. The van der Waals surface area contributed by atoms with Crippen LogP contribution in [0.25, 0.3) is 0 Å². The maximum atomic E-state index is 11.4. The molecular formula is C36H45IN2O. The second kappa shape index (κ2) is 12.1. The third-order valence-electron chi connectivity index (χ3n) is 8.88. The van der Waals surface area contributed by atoms with E-state index in [9.17, 15) is 5.11 Å². The molecule has 0 unspecified atom stereocenters. The van der Waals surface area contributed by atoms with Crippen molar-refractivity contribution >= 4 is 17.1 Å². The number of halogens is 1.